The van der Waals surface area contributed by atoms with Crippen molar-refractivity contribution in [3.63, 3.8) is 0 Å². The number of carboxylic acid groups (broad SMARTS) is 1. The fraction of sp³-hybridized carbons (Fsp3) is 0.417. The minimum Gasteiger partial charge on any atom is -0.480 e. The van der Waals surface area contributed by atoms with Gasteiger partial charge in [0.15, 0.2) is 0 Å². The summed E-state index contributed by atoms with van der Waals surface area (Å²) in [5.41, 5.74) is 3.28. The molecule has 9 nitrogen and oxygen atoms in total. The van der Waals surface area contributed by atoms with Gasteiger partial charge in [0.2, 0.25) is 0 Å². The average Bonchev–Trinajstić information content (AvgIpc) is 3.22. The van der Waals surface area contributed by atoms with Crippen LogP contribution in [0.25, 0.3) is 0 Å². The van der Waals surface area contributed by atoms with Crippen molar-refractivity contribution in [2.24, 2.45) is 11.7 Å². The van der Waals surface area contributed by atoms with E-state index in [1.807, 2.05) is 0 Å². The quantitative estimate of drug-likeness (QED) is 0.517. The number of hydrogen-bond acceptors (Lipinski definition) is 6. The predicted molar refractivity (Wildman–Crippen MR) is 71.8 cm³/mol. The molecular formula is C12H14N4O5. The first-order valence-corrected chi connectivity index (χ1v) is 6.21. The van der Waals surface area contributed by atoms with Crippen molar-refractivity contribution in [1.29, 1.82) is 0 Å². The lowest BCUT2D eigenvalue weighted by Crippen LogP contribution is -2.46. The molecule has 1 unspecified atom stereocenters. The van der Waals surface area contributed by atoms with Crippen molar-refractivity contribution in [2.45, 2.75) is 25.3 Å². The van der Waals surface area contributed by atoms with Crippen LogP contribution in [0.3, 0.4) is 0 Å². The number of aliphatic carboxylic acids is 1. The van der Waals surface area contributed by atoms with Crippen LogP contribution in [-0.2, 0) is 4.79 Å². The molecule has 21 heavy (non-hydrogen) atoms. The maximum atomic E-state index is 11.4. The Morgan fingerprint density at radius 3 is 2.62 bits per heavy atom. The third-order valence-corrected chi connectivity index (χ3v) is 3.57. The van der Waals surface area contributed by atoms with Gasteiger partial charge in [0.1, 0.15) is 17.6 Å². The first kappa shape index (κ1) is 14.7. The number of aromatic nitrogens is 1. The van der Waals surface area contributed by atoms with Crippen molar-refractivity contribution in [3.05, 3.63) is 27.9 Å². The molecule has 1 atom stereocenters. The van der Waals surface area contributed by atoms with Crippen LogP contribution in [0.15, 0.2) is 12.3 Å². The van der Waals surface area contributed by atoms with Gasteiger partial charge in [0.05, 0.1) is 10.5 Å². The Balaban J connectivity index is 2.41. The van der Waals surface area contributed by atoms with Gasteiger partial charge in [0, 0.05) is 6.07 Å². The topological polar surface area (TPSA) is 148 Å². The molecule has 1 amide bonds. The van der Waals surface area contributed by atoms with E-state index in [1.165, 1.54) is 6.92 Å². The van der Waals surface area contributed by atoms with Gasteiger partial charge < -0.3 is 16.2 Å². The standard InChI is InChI=1S/C12H14N4O5/c1-12(11(18)19,6-2-3-6)15-10-8(9(13)17)4-7(5-14-10)16(20)21/h4-6H,2-3H2,1H3,(H2,13,17)(H,14,15)(H,18,19). The minimum atomic E-state index is -1.30. The number of carbonyl (C=O) groups is 2. The number of carboxylic acids is 1. The molecule has 0 bridgehead atoms. The first-order chi connectivity index (χ1) is 9.75. The maximum Gasteiger partial charge on any atom is 0.329 e. The molecule has 0 saturated heterocycles. The summed E-state index contributed by atoms with van der Waals surface area (Å²) in [6.07, 6.45) is 2.44. The summed E-state index contributed by atoms with van der Waals surface area (Å²) in [7, 11) is 0. The second-order valence-electron chi connectivity index (χ2n) is 5.12. The molecule has 0 radical (unpaired) electrons. The molecule has 1 aromatic heterocycles. The van der Waals surface area contributed by atoms with E-state index in [1.54, 1.807) is 0 Å². The van der Waals surface area contributed by atoms with Crippen molar-refractivity contribution in [3.8, 4) is 0 Å². The van der Waals surface area contributed by atoms with Crippen molar-refractivity contribution in [2.75, 3.05) is 5.32 Å². The number of nitro groups is 1. The number of nitrogens with zero attached hydrogens (tertiary/aromatic N) is 2. The van der Waals surface area contributed by atoms with E-state index in [0.29, 0.717) is 0 Å². The predicted octanol–water partition coefficient (Wildman–Crippen LogP) is 0.754. The Hall–Kier alpha value is -2.71. The molecule has 4 N–H and O–H groups in total. The number of primary amides is 1. The van der Waals surface area contributed by atoms with Crippen molar-refractivity contribution >= 4 is 23.4 Å². The molecule has 112 valence electrons. The van der Waals surface area contributed by atoms with Gasteiger partial charge in [0.25, 0.3) is 11.6 Å². The van der Waals surface area contributed by atoms with E-state index >= 15 is 0 Å². The van der Waals surface area contributed by atoms with E-state index in [4.69, 9.17) is 5.73 Å². The number of nitrogens with two attached hydrogens (primary N) is 1. The lowest BCUT2D eigenvalue weighted by molar-refractivity contribution is -0.385. The number of pyridine rings is 1. The summed E-state index contributed by atoms with van der Waals surface area (Å²) in [5.74, 6) is -2.16. The van der Waals surface area contributed by atoms with Crippen LogP contribution in [0, 0.1) is 16.0 Å². The molecule has 0 aliphatic heterocycles. The highest BCUT2D eigenvalue weighted by Crippen LogP contribution is 2.41. The Kier molecular flexibility index (Phi) is 3.50. The number of hydrogen-bond donors (Lipinski definition) is 3. The summed E-state index contributed by atoms with van der Waals surface area (Å²) in [6.45, 7) is 1.49. The monoisotopic (exact) mass is 294 g/mol. The molecule has 0 spiro atoms. The summed E-state index contributed by atoms with van der Waals surface area (Å²) < 4.78 is 0. The lowest BCUT2D eigenvalue weighted by atomic mass is 9.95. The Morgan fingerprint density at radius 2 is 2.19 bits per heavy atom. The molecule has 1 heterocycles. The molecule has 1 aliphatic rings. The van der Waals surface area contributed by atoms with E-state index in [-0.39, 0.29) is 17.3 Å². The minimum absolute atomic E-state index is 0.0649. The fourth-order valence-electron chi connectivity index (χ4n) is 2.08. The molecular weight excluding hydrogens is 280 g/mol. The van der Waals surface area contributed by atoms with Gasteiger partial charge in [-0.25, -0.2) is 9.78 Å². The van der Waals surface area contributed by atoms with Crippen molar-refractivity contribution < 1.29 is 19.6 Å². The lowest BCUT2D eigenvalue weighted by Gasteiger charge is -2.27. The highest BCUT2D eigenvalue weighted by atomic mass is 16.6. The normalized spacial score (nSPS) is 16.8. The smallest absolute Gasteiger partial charge is 0.329 e. The third-order valence-electron chi connectivity index (χ3n) is 3.57. The number of amides is 1. The van der Waals surface area contributed by atoms with Crippen LogP contribution < -0.4 is 11.1 Å². The highest BCUT2D eigenvalue weighted by Gasteiger charge is 2.48. The second kappa shape index (κ2) is 5.00. The summed E-state index contributed by atoms with van der Waals surface area (Å²) in [5, 5.41) is 22.8. The highest BCUT2D eigenvalue weighted by molar-refractivity contribution is 5.99. The zero-order valence-corrected chi connectivity index (χ0v) is 11.2. The largest absolute Gasteiger partial charge is 0.480 e. The van der Waals surface area contributed by atoms with Crippen LogP contribution in [0.2, 0.25) is 0 Å². The Labute approximate surface area is 119 Å². The molecule has 0 aromatic carbocycles. The molecule has 1 aliphatic carbocycles. The van der Waals surface area contributed by atoms with E-state index in [0.717, 1.165) is 25.1 Å². The van der Waals surface area contributed by atoms with E-state index < -0.39 is 28.0 Å². The van der Waals surface area contributed by atoms with E-state index in [9.17, 15) is 24.8 Å². The molecule has 1 fully saturated rings. The third kappa shape index (κ3) is 2.76. The van der Waals surface area contributed by atoms with E-state index in [2.05, 4.69) is 10.3 Å². The van der Waals surface area contributed by atoms with Crippen LogP contribution in [-0.4, -0.2) is 32.4 Å². The van der Waals surface area contributed by atoms with Gasteiger partial charge in [-0.05, 0) is 25.7 Å². The second-order valence-corrected chi connectivity index (χ2v) is 5.12. The van der Waals surface area contributed by atoms with Crippen LogP contribution in [0.4, 0.5) is 11.5 Å². The molecule has 2 rings (SSSR count). The van der Waals surface area contributed by atoms with Crippen LogP contribution in [0.5, 0.6) is 0 Å². The van der Waals surface area contributed by atoms with Crippen LogP contribution >= 0.6 is 0 Å². The Bertz CT molecular complexity index is 628. The molecule has 9 heteroatoms. The zero-order chi connectivity index (χ0) is 15.8. The van der Waals surface area contributed by atoms with Gasteiger partial charge in [-0.3, -0.25) is 14.9 Å². The summed E-state index contributed by atoms with van der Waals surface area (Å²) in [6, 6.07) is 0.979. The number of rotatable bonds is 6. The SMILES string of the molecule is CC(Nc1ncc([N+](=O)[O-])cc1C(N)=O)(C(=O)O)C1CC1. The van der Waals surface area contributed by atoms with Gasteiger partial charge in [-0.15, -0.1) is 0 Å². The number of nitrogens with one attached hydrogen (secondary N) is 1. The molecule has 1 aromatic rings. The fourth-order valence-corrected chi connectivity index (χ4v) is 2.08. The summed E-state index contributed by atoms with van der Waals surface area (Å²) in [4.78, 5) is 36.6. The first-order valence-electron chi connectivity index (χ1n) is 6.21. The zero-order valence-electron chi connectivity index (χ0n) is 11.2. The van der Waals surface area contributed by atoms with Gasteiger partial charge in [-0.1, -0.05) is 0 Å². The van der Waals surface area contributed by atoms with Gasteiger partial charge in [-0.2, -0.15) is 0 Å². The molecule has 1 saturated carbocycles. The number of carbonyl (C=O) groups excluding carboxylic acids is 1. The Morgan fingerprint density at radius 1 is 1.57 bits per heavy atom. The number of anilines is 1. The average molecular weight is 294 g/mol. The van der Waals surface area contributed by atoms with Crippen LogP contribution in [0.1, 0.15) is 30.1 Å². The van der Waals surface area contributed by atoms with Crippen molar-refractivity contribution in [1.82, 2.24) is 4.98 Å². The summed E-state index contributed by atoms with van der Waals surface area (Å²) >= 11 is 0. The van der Waals surface area contributed by atoms with Gasteiger partial charge >= 0.3 is 5.97 Å². The maximum absolute atomic E-state index is 11.4.